The summed E-state index contributed by atoms with van der Waals surface area (Å²) >= 11 is 0. The van der Waals surface area contributed by atoms with Crippen molar-refractivity contribution in [1.29, 1.82) is 0 Å². The van der Waals surface area contributed by atoms with Crippen LogP contribution in [-0.2, 0) is 16.2 Å². The number of rotatable bonds is 5. The Bertz CT molecular complexity index is 332. The van der Waals surface area contributed by atoms with Crippen molar-refractivity contribution in [3.8, 4) is 0 Å². The molecule has 0 aliphatic rings. The topological polar surface area (TPSA) is 76.7 Å². The lowest BCUT2D eigenvalue weighted by Gasteiger charge is -1.97. The highest BCUT2D eigenvalue weighted by atomic mass is 16.6. The first kappa shape index (κ1) is 10.2. The van der Waals surface area contributed by atoms with E-state index in [0.717, 1.165) is 12.2 Å². The Morgan fingerprint density at radius 2 is 2.64 bits per heavy atom. The zero-order chi connectivity index (χ0) is 10.4. The summed E-state index contributed by atoms with van der Waals surface area (Å²) in [6, 6.07) is 1.76. The molecule has 0 aliphatic carbocycles. The van der Waals surface area contributed by atoms with Gasteiger partial charge < -0.3 is 9.94 Å². The molecule has 6 nitrogen and oxygen atoms in total. The first-order valence-corrected chi connectivity index (χ1v) is 4.13. The van der Waals surface area contributed by atoms with E-state index in [9.17, 15) is 4.79 Å². The molecule has 0 bridgehead atoms. The number of aromatic nitrogens is 2. The lowest BCUT2D eigenvalue weighted by molar-refractivity contribution is -0.142. The van der Waals surface area contributed by atoms with Gasteiger partial charge in [-0.3, -0.25) is 4.68 Å². The van der Waals surface area contributed by atoms with Crippen molar-refractivity contribution in [2.24, 2.45) is 5.16 Å². The molecule has 0 radical (unpaired) electrons. The minimum atomic E-state index is -1.05. The Kier molecular flexibility index (Phi) is 3.66. The lowest BCUT2D eigenvalue weighted by Crippen LogP contribution is -2.05. The Hall–Kier alpha value is -1.85. The van der Waals surface area contributed by atoms with Crippen molar-refractivity contribution in [1.82, 2.24) is 9.78 Å². The number of hydrogen-bond acceptors (Lipinski definition) is 4. The van der Waals surface area contributed by atoms with Gasteiger partial charge in [0.05, 0.1) is 11.9 Å². The van der Waals surface area contributed by atoms with Gasteiger partial charge in [-0.05, 0) is 13.0 Å². The van der Waals surface area contributed by atoms with Crippen LogP contribution in [0.3, 0.4) is 0 Å². The maximum absolute atomic E-state index is 10.1. The van der Waals surface area contributed by atoms with E-state index in [-0.39, 0.29) is 0 Å². The van der Waals surface area contributed by atoms with Gasteiger partial charge in [0.1, 0.15) is 0 Å². The summed E-state index contributed by atoms with van der Waals surface area (Å²) in [5, 5.41) is 15.8. The molecule has 0 amide bonds. The van der Waals surface area contributed by atoms with Crippen molar-refractivity contribution >= 4 is 12.2 Å². The van der Waals surface area contributed by atoms with Gasteiger partial charge in [0.2, 0.25) is 6.61 Å². The molecular weight excluding hydrogens is 186 g/mol. The molecule has 0 unspecified atom stereocenters. The van der Waals surface area contributed by atoms with Crippen molar-refractivity contribution in [2.45, 2.75) is 13.5 Å². The summed E-state index contributed by atoms with van der Waals surface area (Å²) in [6.07, 6.45) is 3.07. The standard InChI is InChI=1S/C8H11N3O3/c1-2-11-7(3-4-9-11)5-10-14-6-8(12)13/h3-5H,2,6H2,1H3,(H,12,13)/b10-5+. The third-order valence-electron chi connectivity index (χ3n) is 1.50. The molecular formula is C8H11N3O3. The summed E-state index contributed by atoms with van der Waals surface area (Å²) in [5.41, 5.74) is 0.776. The van der Waals surface area contributed by atoms with E-state index in [4.69, 9.17) is 5.11 Å². The first-order chi connectivity index (χ1) is 6.74. The van der Waals surface area contributed by atoms with Crippen LogP contribution in [0, 0.1) is 0 Å². The molecule has 0 fully saturated rings. The second kappa shape index (κ2) is 5.00. The van der Waals surface area contributed by atoms with Crippen LogP contribution < -0.4 is 0 Å². The smallest absolute Gasteiger partial charge is 0.344 e. The highest BCUT2D eigenvalue weighted by Crippen LogP contribution is 1.94. The monoisotopic (exact) mass is 197 g/mol. The van der Waals surface area contributed by atoms with Gasteiger partial charge >= 0.3 is 5.97 Å². The fourth-order valence-electron chi connectivity index (χ4n) is 0.901. The van der Waals surface area contributed by atoms with E-state index in [1.54, 1.807) is 16.9 Å². The second-order valence-corrected chi connectivity index (χ2v) is 2.47. The van der Waals surface area contributed by atoms with Gasteiger partial charge in [0, 0.05) is 12.7 Å². The number of carboxylic acid groups (broad SMARTS) is 1. The molecule has 0 saturated heterocycles. The molecule has 0 aromatic carbocycles. The minimum absolute atomic E-state index is 0.434. The molecule has 0 spiro atoms. The molecule has 1 N–H and O–H groups in total. The van der Waals surface area contributed by atoms with E-state index >= 15 is 0 Å². The summed E-state index contributed by atoms with van der Waals surface area (Å²) in [7, 11) is 0. The number of carbonyl (C=O) groups is 1. The molecule has 76 valence electrons. The summed E-state index contributed by atoms with van der Waals surface area (Å²) in [6.45, 7) is 2.24. The predicted octanol–water partition coefficient (Wildman–Crippen LogP) is 0.338. The Balaban J connectivity index is 2.47. The SMILES string of the molecule is CCn1nccc1/C=N/OCC(=O)O. The number of aryl methyl sites for hydroxylation is 1. The van der Waals surface area contributed by atoms with Crippen molar-refractivity contribution in [3.63, 3.8) is 0 Å². The van der Waals surface area contributed by atoms with Crippen LogP contribution in [0.5, 0.6) is 0 Å². The zero-order valence-electron chi connectivity index (χ0n) is 7.75. The fourth-order valence-corrected chi connectivity index (χ4v) is 0.901. The van der Waals surface area contributed by atoms with E-state index in [1.807, 2.05) is 6.92 Å². The van der Waals surface area contributed by atoms with Crippen LogP contribution in [0.1, 0.15) is 12.6 Å². The number of hydrogen-bond donors (Lipinski definition) is 1. The van der Waals surface area contributed by atoms with E-state index in [2.05, 4.69) is 15.1 Å². The van der Waals surface area contributed by atoms with Gasteiger partial charge in [-0.25, -0.2) is 4.79 Å². The van der Waals surface area contributed by atoms with Crippen molar-refractivity contribution < 1.29 is 14.7 Å². The third-order valence-corrected chi connectivity index (χ3v) is 1.50. The highest BCUT2D eigenvalue weighted by Gasteiger charge is 1.97. The Labute approximate surface area is 80.8 Å². The quantitative estimate of drug-likeness (QED) is 0.545. The average Bonchev–Trinajstić information content (AvgIpc) is 2.59. The maximum Gasteiger partial charge on any atom is 0.344 e. The van der Waals surface area contributed by atoms with Gasteiger partial charge in [0.25, 0.3) is 0 Å². The number of aliphatic carboxylic acids is 1. The lowest BCUT2D eigenvalue weighted by atomic mass is 10.4. The summed E-state index contributed by atoms with van der Waals surface area (Å²) < 4.78 is 1.72. The molecule has 6 heteroatoms. The minimum Gasteiger partial charge on any atom is -0.479 e. The van der Waals surface area contributed by atoms with E-state index in [0.29, 0.717) is 0 Å². The molecule has 0 atom stereocenters. The second-order valence-electron chi connectivity index (χ2n) is 2.47. The summed E-state index contributed by atoms with van der Waals surface area (Å²) in [4.78, 5) is 14.6. The molecule has 14 heavy (non-hydrogen) atoms. The van der Waals surface area contributed by atoms with Gasteiger partial charge in [0.15, 0.2) is 0 Å². The Morgan fingerprint density at radius 1 is 1.86 bits per heavy atom. The van der Waals surface area contributed by atoms with E-state index in [1.165, 1.54) is 6.21 Å². The van der Waals surface area contributed by atoms with Crippen molar-refractivity contribution in [3.05, 3.63) is 18.0 Å². The van der Waals surface area contributed by atoms with Gasteiger partial charge in [-0.15, -0.1) is 0 Å². The van der Waals surface area contributed by atoms with Crippen LogP contribution in [-0.4, -0.2) is 33.7 Å². The van der Waals surface area contributed by atoms with E-state index < -0.39 is 12.6 Å². The van der Waals surface area contributed by atoms with Gasteiger partial charge in [-0.2, -0.15) is 5.10 Å². The molecule has 1 aromatic rings. The third kappa shape index (κ3) is 2.89. The van der Waals surface area contributed by atoms with Gasteiger partial charge in [-0.1, -0.05) is 5.16 Å². The normalized spacial score (nSPS) is 10.6. The molecule has 0 aliphatic heterocycles. The number of nitrogens with zero attached hydrogens (tertiary/aromatic N) is 3. The van der Waals surface area contributed by atoms with Crippen LogP contribution in [0.15, 0.2) is 17.4 Å². The van der Waals surface area contributed by atoms with Crippen molar-refractivity contribution in [2.75, 3.05) is 6.61 Å². The molecule has 1 aromatic heterocycles. The van der Waals surface area contributed by atoms with Crippen LogP contribution in [0.2, 0.25) is 0 Å². The summed E-state index contributed by atoms with van der Waals surface area (Å²) in [5.74, 6) is -1.05. The highest BCUT2D eigenvalue weighted by molar-refractivity contribution is 5.76. The Morgan fingerprint density at radius 3 is 3.29 bits per heavy atom. The zero-order valence-corrected chi connectivity index (χ0v) is 7.75. The molecule has 1 rings (SSSR count). The fraction of sp³-hybridized carbons (Fsp3) is 0.375. The van der Waals surface area contributed by atoms with Crippen LogP contribution >= 0.6 is 0 Å². The molecule has 0 saturated carbocycles. The molecule has 1 heterocycles. The number of oxime groups is 1. The predicted molar refractivity (Wildman–Crippen MR) is 49.1 cm³/mol. The maximum atomic E-state index is 10.1. The van der Waals surface area contributed by atoms with Crippen LogP contribution in [0.25, 0.3) is 0 Å². The number of carboxylic acids is 1. The average molecular weight is 197 g/mol. The first-order valence-electron chi connectivity index (χ1n) is 4.13. The van der Waals surface area contributed by atoms with Crippen LogP contribution in [0.4, 0.5) is 0 Å². The largest absolute Gasteiger partial charge is 0.479 e.